The molecule has 7 nitrogen and oxygen atoms in total. The summed E-state index contributed by atoms with van der Waals surface area (Å²) in [7, 11) is 0. The average Bonchev–Trinajstić information content (AvgIpc) is 3.46. The molecule has 0 aromatic rings. The third-order valence-corrected chi connectivity index (χ3v) is 13.1. The Bertz CT molecular complexity index is 867. The zero-order valence-electron chi connectivity index (χ0n) is 23.0. The molecule has 0 aromatic carbocycles. The summed E-state index contributed by atoms with van der Waals surface area (Å²) < 4.78 is 11.8. The maximum atomic E-state index is 12.5. The van der Waals surface area contributed by atoms with Gasteiger partial charge in [-0.3, -0.25) is 0 Å². The van der Waals surface area contributed by atoms with Gasteiger partial charge in [-0.15, -0.1) is 0 Å². The van der Waals surface area contributed by atoms with Gasteiger partial charge in [-0.1, -0.05) is 33.6 Å². The molecule has 6 rings (SSSR count). The summed E-state index contributed by atoms with van der Waals surface area (Å²) >= 11 is 0. The van der Waals surface area contributed by atoms with Crippen LogP contribution in [0.4, 0.5) is 0 Å². The van der Waals surface area contributed by atoms with E-state index in [-0.39, 0.29) is 16.9 Å². The molecule has 6 aliphatic rings. The number of hydrogen-bond acceptors (Lipinski definition) is 7. The van der Waals surface area contributed by atoms with Gasteiger partial charge in [0.15, 0.2) is 6.29 Å². The fourth-order valence-corrected chi connectivity index (χ4v) is 11.2. The molecular formula is C30H50O7. The lowest BCUT2D eigenvalue weighted by atomic mass is 9.47. The maximum Gasteiger partial charge on any atom is 0.186 e. The minimum atomic E-state index is -1.40. The van der Waals surface area contributed by atoms with Crippen LogP contribution < -0.4 is 0 Å². The van der Waals surface area contributed by atoms with Crippen molar-refractivity contribution in [3.8, 4) is 0 Å². The van der Waals surface area contributed by atoms with Crippen LogP contribution in [0.5, 0.6) is 0 Å². The lowest BCUT2D eigenvalue weighted by Gasteiger charge is -2.60. The van der Waals surface area contributed by atoms with Gasteiger partial charge in [-0.25, -0.2) is 0 Å². The second-order valence-electron chi connectivity index (χ2n) is 14.3. The van der Waals surface area contributed by atoms with Crippen molar-refractivity contribution in [2.75, 3.05) is 6.61 Å². The van der Waals surface area contributed by atoms with E-state index in [1.54, 1.807) is 0 Å². The van der Waals surface area contributed by atoms with Gasteiger partial charge in [-0.05, 0) is 104 Å². The Morgan fingerprint density at radius 1 is 0.946 bits per heavy atom. The minimum absolute atomic E-state index is 0.0392. The van der Waals surface area contributed by atoms with Gasteiger partial charge >= 0.3 is 0 Å². The summed E-state index contributed by atoms with van der Waals surface area (Å²) in [5, 5.41) is 52.7. The van der Waals surface area contributed by atoms with Crippen molar-refractivity contribution in [2.24, 2.45) is 39.9 Å². The Hall–Kier alpha value is -0.280. The minimum Gasteiger partial charge on any atom is -0.394 e. The quantitative estimate of drug-likeness (QED) is 0.340. The first-order chi connectivity index (χ1) is 17.6. The van der Waals surface area contributed by atoms with Crippen LogP contribution in [-0.2, 0) is 9.47 Å². The molecule has 1 heterocycles. The second kappa shape index (κ2) is 9.12. The van der Waals surface area contributed by atoms with E-state index in [1.165, 1.54) is 32.1 Å². The van der Waals surface area contributed by atoms with E-state index in [4.69, 9.17) is 9.47 Å². The predicted octanol–water partition coefficient (Wildman–Crippen LogP) is 3.14. The largest absolute Gasteiger partial charge is 0.394 e. The molecule has 2 spiro atoms. The Balaban J connectivity index is 1.15. The van der Waals surface area contributed by atoms with Crippen molar-refractivity contribution >= 4 is 0 Å². The first kappa shape index (κ1) is 26.9. The van der Waals surface area contributed by atoms with Crippen LogP contribution in [0.15, 0.2) is 0 Å². The summed E-state index contributed by atoms with van der Waals surface area (Å²) in [4.78, 5) is 0. The highest BCUT2D eigenvalue weighted by atomic mass is 16.7. The molecule has 37 heavy (non-hydrogen) atoms. The van der Waals surface area contributed by atoms with Gasteiger partial charge in [0.2, 0.25) is 0 Å². The SMILES string of the molecule is CCC[C@@H](C)[C@H]1CC[C@]2(O)[C@@H]3CCC4C[C@@H](O[C@@H]5O[C@H](CO)[C@@H](O)[C@H](O)[C@H]5O)CC[C@@]45C[C@@]35CC[C@]12C. The fraction of sp³-hybridized carbons (Fsp3) is 1.00. The highest BCUT2D eigenvalue weighted by molar-refractivity contribution is 5.30. The predicted molar refractivity (Wildman–Crippen MR) is 137 cm³/mol. The first-order valence-corrected chi connectivity index (χ1v) is 15.3. The second-order valence-corrected chi connectivity index (χ2v) is 14.3. The molecule has 0 aromatic heterocycles. The van der Waals surface area contributed by atoms with Gasteiger partial charge in [0.1, 0.15) is 24.4 Å². The third-order valence-electron chi connectivity index (χ3n) is 13.1. The molecular weight excluding hydrogens is 472 g/mol. The molecule has 1 aliphatic heterocycles. The molecule has 0 amide bonds. The standard InChI is InChI=1S/C30H50O7/c1-4-5-17(2)20-9-11-30(35)22-7-6-18-14-19(36-26-25(34)24(33)23(32)21(15-31)37-26)8-10-28(18)16-29(22,28)13-12-27(20,30)3/h17-26,31-35H,4-16H2,1-3H3/t17-,18?,19+,20-,21-,22-,23-,24+,25-,26-,27-,28-,29+,30+/m1/s1. The highest BCUT2D eigenvalue weighted by Gasteiger charge is 2.81. The summed E-state index contributed by atoms with van der Waals surface area (Å²) in [6.45, 7) is 6.69. The number of rotatable bonds is 6. The lowest BCUT2D eigenvalue weighted by molar-refractivity contribution is -0.315. The van der Waals surface area contributed by atoms with E-state index < -0.39 is 42.9 Å². The van der Waals surface area contributed by atoms with Crippen LogP contribution in [0, 0.1) is 39.9 Å². The van der Waals surface area contributed by atoms with Gasteiger partial charge in [-0.2, -0.15) is 0 Å². The van der Waals surface area contributed by atoms with Crippen LogP contribution in [0.1, 0.15) is 97.8 Å². The summed E-state index contributed by atoms with van der Waals surface area (Å²) in [5.74, 6) is 2.27. The van der Waals surface area contributed by atoms with E-state index in [1.807, 2.05) is 0 Å². The third kappa shape index (κ3) is 3.57. The molecule has 5 saturated carbocycles. The Morgan fingerprint density at radius 3 is 2.46 bits per heavy atom. The van der Waals surface area contributed by atoms with Gasteiger partial charge in [0, 0.05) is 0 Å². The van der Waals surface area contributed by atoms with E-state index in [2.05, 4.69) is 20.8 Å². The van der Waals surface area contributed by atoms with E-state index in [0.717, 1.165) is 44.9 Å². The smallest absolute Gasteiger partial charge is 0.186 e. The van der Waals surface area contributed by atoms with Gasteiger partial charge in [0.05, 0.1) is 18.3 Å². The lowest BCUT2D eigenvalue weighted by Crippen LogP contribution is -2.61. The van der Waals surface area contributed by atoms with Crippen LogP contribution in [0.25, 0.3) is 0 Å². The van der Waals surface area contributed by atoms with Crippen molar-refractivity contribution in [1.82, 2.24) is 0 Å². The van der Waals surface area contributed by atoms with Crippen molar-refractivity contribution in [1.29, 1.82) is 0 Å². The van der Waals surface area contributed by atoms with Crippen molar-refractivity contribution < 1.29 is 35.0 Å². The van der Waals surface area contributed by atoms with Crippen LogP contribution >= 0.6 is 0 Å². The summed E-state index contributed by atoms with van der Waals surface area (Å²) in [5.41, 5.74) is 0.101. The van der Waals surface area contributed by atoms with Crippen molar-refractivity contribution in [2.45, 2.75) is 140 Å². The molecule has 6 fully saturated rings. The number of fused-ring (bicyclic) bond motifs is 2. The van der Waals surface area contributed by atoms with Gasteiger partial charge in [0.25, 0.3) is 0 Å². The molecule has 212 valence electrons. The number of ether oxygens (including phenoxy) is 2. The summed E-state index contributed by atoms with van der Waals surface area (Å²) in [6, 6.07) is 0. The van der Waals surface area contributed by atoms with Crippen LogP contribution in [-0.4, -0.2) is 74.6 Å². The van der Waals surface area contributed by atoms with E-state index in [0.29, 0.717) is 29.1 Å². The van der Waals surface area contributed by atoms with Crippen LogP contribution in [0.3, 0.4) is 0 Å². The maximum absolute atomic E-state index is 12.5. The molecule has 0 bridgehead atoms. The fourth-order valence-electron chi connectivity index (χ4n) is 11.2. The molecule has 7 heteroatoms. The monoisotopic (exact) mass is 522 g/mol. The van der Waals surface area contributed by atoms with E-state index >= 15 is 0 Å². The molecule has 1 unspecified atom stereocenters. The molecule has 1 saturated heterocycles. The zero-order valence-corrected chi connectivity index (χ0v) is 23.0. The normalized spacial score (nSPS) is 57.6. The van der Waals surface area contributed by atoms with Crippen molar-refractivity contribution in [3.05, 3.63) is 0 Å². The Morgan fingerprint density at radius 2 is 1.73 bits per heavy atom. The molecule has 5 N–H and O–H groups in total. The summed E-state index contributed by atoms with van der Waals surface area (Å²) in [6.07, 6.45) is 7.20. The number of hydrogen-bond donors (Lipinski definition) is 5. The first-order valence-electron chi connectivity index (χ1n) is 15.3. The number of aliphatic hydroxyl groups excluding tert-OH is 4. The Kier molecular flexibility index (Phi) is 6.63. The molecule has 5 aliphatic carbocycles. The van der Waals surface area contributed by atoms with E-state index in [9.17, 15) is 25.5 Å². The molecule has 0 radical (unpaired) electrons. The van der Waals surface area contributed by atoms with Crippen LogP contribution in [0.2, 0.25) is 0 Å². The van der Waals surface area contributed by atoms with Gasteiger partial charge < -0.3 is 35.0 Å². The zero-order chi connectivity index (χ0) is 26.4. The average molecular weight is 523 g/mol. The van der Waals surface area contributed by atoms with Crippen molar-refractivity contribution in [3.63, 3.8) is 0 Å². The molecule has 14 atom stereocenters. The highest BCUT2D eigenvalue weighted by Crippen LogP contribution is 2.86. The Labute approximate surface area is 221 Å². The topological polar surface area (TPSA) is 120 Å². The number of aliphatic hydroxyl groups is 5.